The third kappa shape index (κ3) is 2.73. The van der Waals surface area contributed by atoms with Crippen LogP contribution in [0.5, 0.6) is 0 Å². The van der Waals surface area contributed by atoms with Crippen LogP contribution in [-0.2, 0) is 11.2 Å². The van der Waals surface area contributed by atoms with Gasteiger partial charge in [-0.25, -0.2) is 9.78 Å². The molecular formula is C10H11N5O3. The van der Waals surface area contributed by atoms with Gasteiger partial charge in [0.1, 0.15) is 6.04 Å². The van der Waals surface area contributed by atoms with E-state index in [0.717, 1.165) is 0 Å². The summed E-state index contributed by atoms with van der Waals surface area (Å²) in [5.74, 6) is -1.60. The lowest BCUT2D eigenvalue weighted by molar-refractivity contribution is -0.139. The van der Waals surface area contributed by atoms with Crippen LogP contribution in [0, 0.1) is 0 Å². The molecule has 1 amide bonds. The van der Waals surface area contributed by atoms with Crippen LogP contribution in [0.4, 0.5) is 0 Å². The number of carbonyl (C=O) groups excluding carboxylic acids is 1. The molecule has 0 saturated carbocycles. The van der Waals surface area contributed by atoms with Crippen molar-refractivity contribution >= 4 is 11.9 Å². The van der Waals surface area contributed by atoms with Gasteiger partial charge in [0.15, 0.2) is 0 Å². The summed E-state index contributed by atoms with van der Waals surface area (Å²) in [5, 5.41) is 17.6. The Morgan fingerprint density at radius 3 is 2.83 bits per heavy atom. The van der Waals surface area contributed by atoms with Crippen molar-refractivity contribution in [2.24, 2.45) is 0 Å². The number of carboxylic acid groups (broad SMARTS) is 1. The van der Waals surface area contributed by atoms with Gasteiger partial charge in [0.05, 0.1) is 18.1 Å². The summed E-state index contributed by atoms with van der Waals surface area (Å²) >= 11 is 0. The zero-order chi connectivity index (χ0) is 13.0. The predicted octanol–water partition coefficient (Wildman–Crippen LogP) is -0.442. The molecule has 2 aromatic heterocycles. The van der Waals surface area contributed by atoms with Crippen LogP contribution in [0.1, 0.15) is 16.1 Å². The van der Waals surface area contributed by atoms with E-state index in [2.05, 4.69) is 25.5 Å². The quantitative estimate of drug-likeness (QED) is 0.571. The number of aromatic nitrogens is 4. The maximum absolute atomic E-state index is 11.7. The summed E-state index contributed by atoms with van der Waals surface area (Å²) < 4.78 is 0. The van der Waals surface area contributed by atoms with Crippen molar-refractivity contribution in [3.8, 4) is 0 Å². The number of aromatic amines is 2. The number of carboxylic acids is 1. The highest BCUT2D eigenvalue weighted by molar-refractivity contribution is 5.96. The van der Waals surface area contributed by atoms with Crippen molar-refractivity contribution in [2.45, 2.75) is 12.5 Å². The van der Waals surface area contributed by atoms with E-state index >= 15 is 0 Å². The van der Waals surface area contributed by atoms with Crippen LogP contribution in [0.3, 0.4) is 0 Å². The van der Waals surface area contributed by atoms with E-state index in [1.54, 1.807) is 0 Å². The lowest BCUT2D eigenvalue weighted by Crippen LogP contribution is -2.42. The van der Waals surface area contributed by atoms with Crippen LogP contribution >= 0.6 is 0 Å². The summed E-state index contributed by atoms with van der Waals surface area (Å²) in [6.07, 6.45) is 5.82. The standard InChI is InChI=1S/C10H11N5O3/c16-9(6-2-13-14-3-6)15-8(10(17)18)1-7-4-11-5-12-7/h2-5,8H,1H2,(H,11,12)(H,13,14)(H,15,16)(H,17,18)/t8-/m1/s1. The third-order valence-electron chi connectivity index (χ3n) is 2.34. The van der Waals surface area contributed by atoms with Crippen LogP contribution in [0.2, 0.25) is 0 Å². The van der Waals surface area contributed by atoms with Gasteiger partial charge in [-0.1, -0.05) is 0 Å². The van der Waals surface area contributed by atoms with Crippen LogP contribution in [0.15, 0.2) is 24.9 Å². The van der Waals surface area contributed by atoms with Crippen LogP contribution < -0.4 is 5.32 Å². The van der Waals surface area contributed by atoms with E-state index in [9.17, 15) is 9.59 Å². The van der Waals surface area contributed by atoms with Crippen molar-refractivity contribution in [3.05, 3.63) is 36.2 Å². The number of rotatable bonds is 5. The highest BCUT2D eigenvalue weighted by Gasteiger charge is 2.21. The molecule has 0 aromatic carbocycles. The van der Waals surface area contributed by atoms with Gasteiger partial charge in [0.25, 0.3) is 5.91 Å². The molecule has 0 bridgehead atoms. The van der Waals surface area contributed by atoms with Gasteiger partial charge in [-0.2, -0.15) is 5.10 Å². The molecule has 0 unspecified atom stereocenters. The largest absolute Gasteiger partial charge is 0.480 e. The summed E-state index contributed by atoms with van der Waals surface area (Å²) in [4.78, 5) is 29.3. The molecule has 18 heavy (non-hydrogen) atoms. The average molecular weight is 249 g/mol. The number of hydrogen-bond acceptors (Lipinski definition) is 4. The Bertz CT molecular complexity index is 520. The SMILES string of the molecule is O=C(N[C@H](Cc1cnc[nH]1)C(=O)O)c1cn[nH]c1. The molecule has 4 N–H and O–H groups in total. The fraction of sp³-hybridized carbons (Fsp3) is 0.200. The Labute approximate surface area is 101 Å². The Hall–Kier alpha value is -2.64. The van der Waals surface area contributed by atoms with Gasteiger partial charge in [-0.3, -0.25) is 9.89 Å². The molecule has 0 aliphatic heterocycles. The smallest absolute Gasteiger partial charge is 0.326 e. The number of imidazole rings is 1. The number of nitrogens with one attached hydrogen (secondary N) is 3. The van der Waals surface area contributed by atoms with Gasteiger partial charge in [0, 0.05) is 24.5 Å². The Balaban J connectivity index is 2.03. The third-order valence-corrected chi connectivity index (χ3v) is 2.34. The van der Waals surface area contributed by atoms with Gasteiger partial charge >= 0.3 is 5.97 Å². The number of H-pyrrole nitrogens is 2. The minimum absolute atomic E-state index is 0.138. The van der Waals surface area contributed by atoms with Crippen LogP contribution in [0.25, 0.3) is 0 Å². The van der Waals surface area contributed by atoms with Crippen molar-refractivity contribution in [2.75, 3.05) is 0 Å². The molecule has 2 rings (SSSR count). The highest BCUT2D eigenvalue weighted by Crippen LogP contribution is 2.01. The summed E-state index contributed by atoms with van der Waals surface area (Å²) in [7, 11) is 0. The number of hydrogen-bond donors (Lipinski definition) is 4. The summed E-state index contributed by atoms with van der Waals surface area (Å²) in [6.45, 7) is 0. The first kappa shape index (κ1) is 11.8. The molecular weight excluding hydrogens is 238 g/mol. The second kappa shape index (κ2) is 5.13. The molecule has 8 nitrogen and oxygen atoms in total. The van der Waals surface area contributed by atoms with E-state index in [1.165, 1.54) is 24.9 Å². The molecule has 94 valence electrons. The molecule has 2 heterocycles. The van der Waals surface area contributed by atoms with Gasteiger partial charge in [-0.15, -0.1) is 0 Å². The van der Waals surface area contributed by atoms with E-state index < -0.39 is 17.9 Å². The van der Waals surface area contributed by atoms with E-state index in [4.69, 9.17) is 5.11 Å². The zero-order valence-electron chi connectivity index (χ0n) is 9.25. The minimum Gasteiger partial charge on any atom is -0.480 e. The highest BCUT2D eigenvalue weighted by atomic mass is 16.4. The summed E-state index contributed by atoms with van der Waals surface area (Å²) in [5.41, 5.74) is 0.917. The second-order valence-corrected chi connectivity index (χ2v) is 3.63. The van der Waals surface area contributed by atoms with E-state index in [0.29, 0.717) is 5.69 Å². The molecule has 0 aliphatic rings. The monoisotopic (exact) mass is 249 g/mol. The maximum Gasteiger partial charge on any atom is 0.326 e. The molecule has 2 aromatic rings. The maximum atomic E-state index is 11.7. The van der Waals surface area contributed by atoms with E-state index in [1.807, 2.05) is 0 Å². The fourth-order valence-corrected chi connectivity index (χ4v) is 1.43. The van der Waals surface area contributed by atoms with Crippen LogP contribution in [-0.4, -0.2) is 43.2 Å². The Kier molecular flexibility index (Phi) is 3.37. The molecule has 0 radical (unpaired) electrons. The lowest BCUT2D eigenvalue weighted by atomic mass is 10.1. The first-order valence-corrected chi connectivity index (χ1v) is 5.16. The number of aliphatic carboxylic acids is 1. The van der Waals surface area contributed by atoms with Gasteiger partial charge in [0.2, 0.25) is 0 Å². The normalized spacial score (nSPS) is 12.0. The van der Waals surface area contributed by atoms with Crippen molar-refractivity contribution in [1.82, 2.24) is 25.5 Å². The van der Waals surface area contributed by atoms with Crippen molar-refractivity contribution in [1.29, 1.82) is 0 Å². The number of nitrogens with zero attached hydrogens (tertiary/aromatic N) is 2. The van der Waals surface area contributed by atoms with Crippen molar-refractivity contribution in [3.63, 3.8) is 0 Å². The summed E-state index contributed by atoms with van der Waals surface area (Å²) in [6, 6.07) is -1.02. The van der Waals surface area contributed by atoms with E-state index in [-0.39, 0.29) is 12.0 Å². The molecule has 0 spiro atoms. The Morgan fingerprint density at radius 2 is 2.28 bits per heavy atom. The number of amides is 1. The molecule has 0 fully saturated rings. The first-order chi connectivity index (χ1) is 8.66. The van der Waals surface area contributed by atoms with Gasteiger partial charge < -0.3 is 15.4 Å². The Morgan fingerprint density at radius 1 is 1.44 bits per heavy atom. The zero-order valence-corrected chi connectivity index (χ0v) is 9.25. The lowest BCUT2D eigenvalue weighted by Gasteiger charge is -2.12. The molecule has 8 heteroatoms. The molecule has 1 atom stereocenters. The molecule has 0 saturated heterocycles. The fourth-order valence-electron chi connectivity index (χ4n) is 1.43. The molecule has 0 aliphatic carbocycles. The van der Waals surface area contributed by atoms with Crippen molar-refractivity contribution < 1.29 is 14.7 Å². The minimum atomic E-state index is -1.11. The van der Waals surface area contributed by atoms with Gasteiger partial charge in [-0.05, 0) is 0 Å². The first-order valence-electron chi connectivity index (χ1n) is 5.16. The number of carbonyl (C=O) groups is 2. The predicted molar refractivity (Wildman–Crippen MR) is 59.8 cm³/mol. The second-order valence-electron chi connectivity index (χ2n) is 3.63. The topological polar surface area (TPSA) is 124 Å². The average Bonchev–Trinajstić information content (AvgIpc) is 3.00.